The van der Waals surface area contributed by atoms with Gasteiger partial charge in [-0.15, -0.1) is 0 Å². The molecule has 5 heteroatoms. The van der Waals surface area contributed by atoms with Crippen molar-refractivity contribution in [1.82, 2.24) is 10.3 Å². The second-order valence-electron chi connectivity index (χ2n) is 4.52. The van der Waals surface area contributed by atoms with E-state index in [9.17, 15) is 9.59 Å². The van der Waals surface area contributed by atoms with Crippen LogP contribution >= 0.6 is 0 Å². The summed E-state index contributed by atoms with van der Waals surface area (Å²) in [5.41, 5.74) is 1.83. The van der Waals surface area contributed by atoms with Crippen LogP contribution in [0, 0.1) is 0 Å². The minimum Gasteiger partial charge on any atom is -0.481 e. The standard InChI is InChI=1S/C15H16N2O3/c18-13(7-2-8-14(19)20)17-10-12-5-1-4-11-6-3-9-16-15(11)12/h1,3-6,9H,2,7-8,10H2,(H,17,18)(H,19,20). The van der Waals surface area contributed by atoms with E-state index >= 15 is 0 Å². The topological polar surface area (TPSA) is 79.3 Å². The van der Waals surface area contributed by atoms with Crippen molar-refractivity contribution in [3.05, 3.63) is 42.1 Å². The van der Waals surface area contributed by atoms with E-state index in [0.29, 0.717) is 13.0 Å². The van der Waals surface area contributed by atoms with Gasteiger partial charge in [-0.05, 0) is 18.1 Å². The maximum Gasteiger partial charge on any atom is 0.303 e. The highest BCUT2D eigenvalue weighted by molar-refractivity contribution is 5.82. The lowest BCUT2D eigenvalue weighted by atomic mass is 10.1. The smallest absolute Gasteiger partial charge is 0.303 e. The van der Waals surface area contributed by atoms with Gasteiger partial charge in [0.2, 0.25) is 5.91 Å². The normalized spacial score (nSPS) is 10.4. The third-order valence-corrected chi connectivity index (χ3v) is 2.99. The molecule has 0 aliphatic carbocycles. The quantitative estimate of drug-likeness (QED) is 0.844. The number of hydrogen-bond donors (Lipinski definition) is 2. The molecule has 0 radical (unpaired) electrons. The average molecular weight is 272 g/mol. The van der Waals surface area contributed by atoms with Crippen molar-refractivity contribution >= 4 is 22.8 Å². The van der Waals surface area contributed by atoms with E-state index in [1.54, 1.807) is 6.20 Å². The third-order valence-electron chi connectivity index (χ3n) is 2.99. The van der Waals surface area contributed by atoms with E-state index in [0.717, 1.165) is 16.5 Å². The molecule has 2 N–H and O–H groups in total. The number of aromatic nitrogens is 1. The summed E-state index contributed by atoms with van der Waals surface area (Å²) in [6.45, 7) is 0.403. The zero-order chi connectivity index (χ0) is 14.4. The van der Waals surface area contributed by atoms with Crippen LogP contribution in [-0.4, -0.2) is 22.0 Å². The van der Waals surface area contributed by atoms with Crippen LogP contribution in [0.2, 0.25) is 0 Å². The lowest BCUT2D eigenvalue weighted by Gasteiger charge is -2.07. The molecule has 2 aromatic rings. The van der Waals surface area contributed by atoms with Crippen LogP contribution in [-0.2, 0) is 16.1 Å². The molecule has 1 amide bonds. The van der Waals surface area contributed by atoms with Crippen LogP contribution in [0.1, 0.15) is 24.8 Å². The molecule has 0 fully saturated rings. The van der Waals surface area contributed by atoms with Crippen LogP contribution < -0.4 is 5.32 Å². The van der Waals surface area contributed by atoms with Gasteiger partial charge in [0.25, 0.3) is 0 Å². The Morgan fingerprint density at radius 2 is 1.95 bits per heavy atom. The van der Waals surface area contributed by atoms with Crippen molar-refractivity contribution < 1.29 is 14.7 Å². The van der Waals surface area contributed by atoms with Gasteiger partial charge in [0.05, 0.1) is 5.52 Å². The summed E-state index contributed by atoms with van der Waals surface area (Å²) in [5, 5.41) is 12.3. The first-order chi connectivity index (χ1) is 9.66. The largest absolute Gasteiger partial charge is 0.481 e. The Labute approximate surface area is 116 Å². The first-order valence-corrected chi connectivity index (χ1v) is 6.48. The predicted octanol–water partition coefficient (Wildman–Crippen LogP) is 2.11. The Morgan fingerprint density at radius 3 is 2.75 bits per heavy atom. The van der Waals surface area contributed by atoms with Gasteiger partial charge in [-0.3, -0.25) is 14.6 Å². The average Bonchev–Trinajstić information content (AvgIpc) is 2.44. The van der Waals surface area contributed by atoms with Gasteiger partial charge >= 0.3 is 5.97 Å². The summed E-state index contributed by atoms with van der Waals surface area (Å²) < 4.78 is 0. The molecule has 0 atom stereocenters. The number of carbonyl (C=O) groups excluding carboxylic acids is 1. The van der Waals surface area contributed by atoms with Crippen molar-refractivity contribution in [2.45, 2.75) is 25.8 Å². The molecule has 0 saturated carbocycles. The highest BCUT2D eigenvalue weighted by Gasteiger charge is 2.06. The number of amides is 1. The SMILES string of the molecule is O=C(O)CCCC(=O)NCc1cccc2cccnc12. The highest BCUT2D eigenvalue weighted by Crippen LogP contribution is 2.15. The maximum atomic E-state index is 11.6. The number of carbonyl (C=O) groups is 2. The number of carboxylic acids is 1. The first-order valence-electron chi connectivity index (χ1n) is 6.48. The zero-order valence-corrected chi connectivity index (χ0v) is 11.0. The molecule has 0 aliphatic rings. The molecule has 0 unspecified atom stereocenters. The molecule has 0 aliphatic heterocycles. The van der Waals surface area contributed by atoms with Gasteiger partial charge in [0.15, 0.2) is 0 Å². The number of carboxylic acid groups (broad SMARTS) is 1. The predicted molar refractivity (Wildman–Crippen MR) is 75.1 cm³/mol. The number of aliphatic carboxylic acids is 1. The molecule has 5 nitrogen and oxygen atoms in total. The molecular weight excluding hydrogens is 256 g/mol. The fourth-order valence-corrected chi connectivity index (χ4v) is 1.99. The minimum atomic E-state index is -0.879. The minimum absolute atomic E-state index is 0.0171. The Hall–Kier alpha value is -2.43. The number of nitrogens with zero attached hydrogens (tertiary/aromatic N) is 1. The Kier molecular flexibility index (Phi) is 4.65. The van der Waals surface area contributed by atoms with Crippen LogP contribution in [0.5, 0.6) is 0 Å². The van der Waals surface area contributed by atoms with E-state index in [-0.39, 0.29) is 18.7 Å². The van der Waals surface area contributed by atoms with E-state index in [4.69, 9.17) is 5.11 Å². The number of nitrogens with one attached hydrogen (secondary N) is 1. The fraction of sp³-hybridized carbons (Fsp3) is 0.267. The summed E-state index contributed by atoms with van der Waals surface area (Å²) in [5.74, 6) is -1.02. The monoisotopic (exact) mass is 272 g/mol. The zero-order valence-electron chi connectivity index (χ0n) is 11.0. The number of para-hydroxylation sites is 1. The van der Waals surface area contributed by atoms with Crippen molar-refractivity contribution in [3.8, 4) is 0 Å². The van der Waals surface area contributed by atoms with E-state index in [1.165, 1.54) is 0 Å². The Bertz CT molecular complexity index is 620. The summed E-state index contributed by atoms with van der Waals surface area (Å²) in [6.07, 6.45) is 2.32. The van der Waals surface area contributed by atoms with Crippen molar-refractivity contribution in [1.29, 1.82) is 0 Å². The van der Waals surface area contributed by atoms with Gasteiger partial charge < -0.3 is 10.4 Å². The van der Waals surface area contributed by atoms with E-state index in [1.807, 2.05) is 30.3 Å². The van der Waals surface area contributed by atoms with E-state index < -0.39 is 5.97 Å². The van der Waals surface area contributed by atoms with Crippen molar-refractivity contribution in [2.75, 3.05) is 0 Å². The third kappa shape index (κ3) is 3.78. The van der Waals surface area contributed by atoms with Crippen LogP contribution in [0.15, 0.2) is 36.5 Å². The van der Waals surface area contributed by atoms with Gasteiger partial charge in [0.1, 0.15) is 0 Å². The number of benzene rings is 1. The second-order valence-corrected chi connectivity index (χ2v) is 4.52. The van der Waals surface area contributed by atoms with Crippen molar-refractivity contribution in [2.24, 2.45) is 0 Å². The molecule has 0 bridgehead atoms. The van der Waals surface area contributed by atoms with E-state index in [2.05, 4.69) is 10.3 Å². The van der Waals surface area contributed by atoms with Gasteiger partial charge in [-0.2, -0.15) is 0 Å². The summed E-state index contributed by atoms with van der Waals surface area (Å²) in [4.78, 5) is 26.3. The summed E-state index contributed by atoms with van der Waals surface area (Å²) in [6, 6.07) is 9.67. The Balaban J connectivity index is 1.92. The van der Waals surface area contributed by atoms with Crippen LogP contribution in [0.3, 0.4) is 0 Å². The lowest BCUT2D eigenvalue weighted by molar-refractivity contribution is -0.137. The van der Waals surface area contributed by atoms with Gasteiger partial charge in [-0.1, -0.05) is 24.3 Å². The number of rotatable bonds is 6. The number of pyridine rings is 1. The molecule has 0 saturated heterocycles. The molecule has 1 heterocycles. The molecule has 2 rings (SSSR count). The molecule has 20 heavy (non-hydrogen) atoms. The van der Waals surface area contributed by atoms with Gasteiger partial charge in [-0.25, -0.2) is 0 Å². The first kappa shape index (κ1) is 14.0. The van der Waals surface area contributed by atoms with Crippen molar-refractivity contribution in [3.63, 3.8) is 0 Å². The lowest BCUT2D eigenvalue weighted by Crippen LogP contribution is -2.22. The molecule has 104 valence electrons. The summed E-state index contributed by atoms with van der Waals surface area (Å²) in [7, 11) is 0. The Morgan fingerprint density at radius 1 is 1.15 bits per heavy atom. The number of fused-ring (bicyclic) bond motifs is 1. The summed E-state index contributed by atoms with van der Waals surface area (Å²) >= 11 is 0. The van der Waals surface area contributed by atoms with Crippen LogP contribution in [0.4, 0.5) is 0 Å². The fourth-order valence-electron chi connectivity index (χ4n) is 1.99. The highest BCUT2D eigenvalue weighted by atomic mass is 16.4. The molecule has 1 aromatic carbocycles. The second kappa shape index (κ2) is 6.65. The molecular formula is C15H16N2O3. The van der Waals surface area contributed by atoms with Gasteiger partial charge in [0, 0.05) is 31.0 Å². The molecule has 0 spiro atoms. The molecule has 1 aromatic heterocycles. The van der Waals surface area contributed by atoms with Crippen LogP contribution in [0.25, 0.3) is 10.9 Å². The maximum absolute atomic E-state index is 11.6. The number of hydrogen-bond acceptors (Lipinski definition) is 3.